The number of fused-ring (bicyclic) bond motifs is 1. The maximum Gasteiger partial charge on any atom is 0.276 e. The Bertz CT molecular complexity index is 841. The average Bonchev–Trinajstić information content (AvgIpc) is 2.88. The van der Waals surface area contributed by atoms with E-state index in [2.05, 4.69) is 10.4 Å². The van der Waals surface area contributed by atoms with Gasteiger partial charge in [0.25, 0.3) is 11.8 Å². The summed E-state index contributed by atoms with van der Waals surface area (Å²) in [6.45, 7) is 2.73. The number of hydrogen-bond acceptors (Lipinski definition) is 5. The quantitative estimate of drug-likeness (QED) is 0.911. The van der Waals surface area contributed by atoms with Crippen molar-refractivity contribution in [3.05, 3.63) is 35.2 Å². The van der Waals surface area contributed by atoms with Gasteiger partial charge in [-0.05, 0) is 25.1 Å². The lowest BCUT2D eigenvalue weighted by atomic mass is 10.1. The second kappa shape index (κ2) is 6.46. The highest BCUT2D eigenvalue weighted by molar-refractivity contribution is 6.09. The van der Waals surface area contributed by atoms with E-state index in [9.17, 15) is 9.59 Å². The molecule has 0 saturated heterocycles. The van der Waals surface area contributed by atoms with Crippen LogP contribution in [0, 0.1) is 6.92 Å². The van der Waals surface area contributed by atoms with Gasteiger partial charge in [0.2, 0.25) is 0 Å². The summed E-state index contributed by atoms with van der Waals surface area (Å²) in [5.41, 5.74) is 1.71. The molecule has 0 radical (unpaired) electrons. The Morgan fingerprint density at radius 3 is 2.56 bits per heavy atom. The Morgan fingerprint density at radius 2 is 1.88 bits per heavy atom. The summed E-state index contributed by atoms with van der Waals surface area (Å²) in [7, 11) is 5.00. The molecule has 0 atom stereocenters. The number of rotatable bonds is 3. The molecule has 2 aromatic rings. The van der Waals surface area contributed by atoms with Crippen molar-refractivity contribution in [1.82, 2.24) is 14.7 Å². The van der Waals surface area contributed by atoms with E-state index in [1.165, 1.54) is 4.90 Å². The number of benzene rings is 1. The first-order valence-corrected chi connectivity index (χ1v) is 7.84. The molecule has 2 heterocycles. The van der Waals surface area contributed by atoms with Gasteiger partial charge in [-0.1, -0.05) is 0 Å². The molecule has 1 aliphatic heterocycles. The van der Waals surface area contributed by atoms with Crippen molar-refractivity contribution in [3.63, 3.8) is 0 Å². The molecule has 0 bridgehead atoms. The molecule has 1 aliphatic rings. The summed E-state index contributed by atoms with van der Waals surface area (Å²) in [6, 6.07) is 4.98. The number of hydrogen-bond donors (Lipinski definition) is 1. The fraction of sp³-hybridized carbons (Fsp3) is 0.353. The van der Waals surface area contributed by atoms with Crippen molar-refractivity contribution >= 4 is 17.5 Å². The fourth-order valence-corrected chi connectivity index (χ4v) is 2.49. The van der Waals surface area contributed by atoms with E-state index in [0.717, 1.165) is 0 Å². The van der Waals surface area contributed by atoms with Crippen LogP contribution in [0.25, 0.3) is 0 Å². The van der Waals surface area contributed by atoms with Crippen LogP contribution in [0.1, 0.15) is 26.5 Å². The lowest BCUT2D eigenvalue weighted by molar-refractivity contribution is 0.0822. The van der Waals surface area contributed by atoms with Crippen LogP contribution < -0.4 is 14.8 Å². The number of amides is 2. The van der Waals surface area contributed by atoms with Crippen LogP contribution in [0.4, 0.5) is 5.69 Å². The van der Waals surface area contributed by atoms with E-state index in [4.69, 9.17) is 9.47 Å². The van der Waals surface area contributed by atoms with Gasteiger partial charge in [0, 0.05) is 26.7 Å². The first kappa shape index (κ1) is 16.8. The van der Waals surface area contributed by atoms with Crippen molar-refractivity contribution < 1.29 is 19.1 Å². The van der Waals surface area contributed by atoms with Gasteiger partial charge >= 0.3 is 0 Å². The molecule has 25 heavy (non-hydrogen) atoms. The molecule has 132 valence electrons. The molecule has 1 aromatic carbocycles. The average molecular weight is 344 g/mol. The maximum absolute atomic E-state index is 12.6. The summed E-state index contributed by atoms with van der Waals surface area (Å²) in [6.07, 6.45) is 0. The first-order chi connectivity index (χ1) is 11.9. The molecule has 3 rings (SSSR count). The Kier molecular flexibility index (Phi) is 4.35. The van der Waals surface area contributed by atoms with Crippen LogP contribution in [0.2, 0.25) is 0 Å². The van der Waals surface area contributed by atoms with Crippen LogP contribution in [-0.4, -0.2) is 53.8 Å². The normalized spacial score (nSPS) is 12.6. The zero-order chi connectivity index (χ0) is 18.1. The lowest BCUT2D eigenvalue weighted by Crippen LogP contribution is -2.24. The molecule has 1 N–H and O–H groups in total. The molecule has 0 saturated carbocycles. The number of carbonyl (C=O) groups is 2. The molecule has 8 nitrogen and oxygen atoms in total. The van der Waals surface area contributed by atoms with Gasteiger partial charge in [-0.3, -0.25) is 14.3 Å². The summed E-state index contributed by atoms with van der Waals surface area (Å²) in [4.78, 5) is 26.4. The zero-order valence-electron chi connectivity index (χ0n) is 14.6. The van der Waals surface area contributed by atoms with E-state index < -0.39 is 0 Å². The summed E-state index contributed by atoms with van der Waals surface area (Å²) in [5, 5.41) is 7.01. The van der Waals surface area contributed by atoms with Crippen molar-refractivity contribution in [2.45, 2.75) is 6.92 Å². The largest absolute Gasteiger partial charge is 0.486 e. The number of nitrogens with one attached hydrogen (secondary N) is 1. The van der Waals surface area contributed by atoms with Crippen LogP contribution in [0.15, 0.2) is 18.2 Å². The highest BCUT2D eigenvalue weighted by Crippen LogP contribution is 2.31. The minimum Gasteiger partial charge on any atom is -0.486 e. The van der Waals surface area contributed by atoms with E-state index >= 15 is 0 Å². The third-order valence-corrected chi connectivity index (χ3v) is 3.99. The van der Waals surface area contributed by atoms with E-state index in [1.54, 1.807) is 50.9 Å². The summed E-state index contributed by atoms with van der Waals surface area (Å²) >= 11 is 0. The minimum atomic E-state index is -0.346. The van der Waals surface area contributed by atoms with Crippen LogP contribution in [0.5, 0.6) is 11.5 Å². The molecular formula is C17H20N4O4. The van der Waals surface area contributed by atoms with Gasteiger partial charge in [-0.25, -0.2) is 0 Å². The predicted molar refractivity (Wildman–Crippen MR) is 91.3 cm³/mol. The molecular weight excluding hydrogens is 324 g/mol. The number of aryl methyl sites for hydroxylation is 1. The third-order valence-electron chi connectivity index (χ3n) is 3.99. The van der Waals surface area contributed by atoms with E-state index in [0.29, 0.717) is 41.7 Å². The van der Waals surface area contributed by atoms with Crippen LogP contribution in [-0.2, 0) is 7.05 Å². The Balaban J connectivity index is 1.90. The highest BCUT2D eigenvalue weighted by atomic mass is 16.6. The third kappa shape index (κ3) is 3.15. The molecule has 0 spiro atoms. The second-order valence-corrected chi connectivity index (χ2v) is 5.94. The molecule has 0 aliphatic carbocycles. The number of anilines is 1. The molecule has 0 unspecified atom stereocenters. The van der Waals surface area contributed by atoms with Gasteiger partial charge in [-0.2, -0.15) is 5.10 Å². The highest BCUT2D eigenvalue weighted by Gasteiger charge is 2.23. The number of aromatic nitrogens is 2. The summed E-state index contributed by atoms with van der Waals surface area (Å²) < 4.78 is 12.5. The minimum absolute atomic E-state index is 0.205. The van der Waals surface area contributed by atoms with Gasteiger partial charge in [0.15, 0.2) is 17.2 Å². The maximum atomic E-state index is 12.6. The van der Waals surface area contributed by atoms with Crippen LogP contribution in [0.3, 0.4) is 0 Å². The lowest BCUT2D eigenvalue weighted by Gasteiger charge is -2.18. The Labute approximate surface area is 145 Å². The topological polar surface area (TPSA) is 85.7 Å². The van der Waals surface area contributed by atoms with Crippen molar-refractivity contribution in [2.24, 2.45) is 7.05 Å². The van der Waals surface area contributed by atoms with Gasteiger partial charge in [0.1, 0.15) is 13.2 Å². The fourth-order valence-electron chi connectivity index (χ4n) is 2.49. The smallest absolute Gasteiger partial charge is 0.276 e. The monoisotopic (exact) mass is 344 g/mol. The zero-order valence-corrected chi connectivity index (χ0v) is 14.6. The predicted octanol–water partition coefficient (Wildman–Crippen LogP) is 1.45. The standard InChI is InChI=1S/C17H20N4O4/c1-10-14(15(19-21(10)4)17(23)20(2)3)18-16(22)11-5-6-12-13(9-11)25-8-7-24-12/h5-6,9H,7-8H2,1-4H3,(H,18,22). The number of carbonyl (C=O) groups excluding carboxylic acids is 2. The molecule has 2 amide bonds. The van der Waals surface area contributed by atoms with Crippen molar-refractivity contribution in [2.75, 3.05) is 32.6 Å². The van der Waals surface area contributed by atoms with Crippen molar-refractivity contribution in [1.29, 1.82) is 0 Å². The Morgan fingerprint density at radius 1 is 1.20 bits per heavy atom. The summed E-state index contributed by atoms with van der Waals surface area (Å²) in [5.74, 6) is 0.525. The van der Waals surface area contributed by atoms with Crippen LogP contribution >= 0.6 is 0 Å². The molecule has 8 heteroatoms. The van der Waals surface area contributed by atoms with Crippen molar-refractivity contribution in [3.8, 4) is 11.5 Å². The van der Waals surface area contributed by atoms with E-state index in [1.807, 2.05) is 0 Å². The molecule has 0 fully saturated rings. The number of nitrogens with zero attached hydrogens (tertiary/aromatic N) is 3. The number of ether oxygens (including phenoxy) is 2. The van der Waals surface area contributed by atoms with Gasteiger partial charge in [0.05, 0.1) is 11.4 Å². The van der Waals surface area contributed by atoms with Gasteiger partial charge in [-0.15, -0.1) is 0 Å². The first-order valence-electron chi connectivity index (χ1n) is 7.84. The second-order valence-electron chi connectivity index (χ2n) is 5.94. The van der Waals surface area contributed by atoms with E-state index in [-0.39, 0.29) is 17.5 Å². The molecule has 1 aromatic heterocycles. The SMILES string of the molecule is Cc1c(NC(=O)c2ccc3c(c2)OCCO3)c(C(=O)N(C)C)nn1C. The van der Waals surface area contributed by atoms with Gasteiger partial charge < -0.3 is 19.7 Å². The Hall–Kier alpha value is -3.03.